The Morgan fingerprint density at radius 2 is 1.71 bits per heavy atom. The zero-order chi connectivity index (χ0) is 26.2. The molecule has 0 fully saturated rings. The molecule has 12 nitrogen and oxygen atoms in total. The molecule has 5 N–H and O–H groups in total. The fourth-order valence-corrected chi connectivity index (χ4v) is 3.64. The summed E-state index contributed by atoms with van der Waals surface area (Å²) in [7, 11) is 0. The minimum absolute atomic E-state index is 0.196. The number of aromatic amines is 1. The Morgan fingerprint density at radius 1 is 1.14 bits per heavy atom. The molecule has 0 aliphatic rings. The van der Waals surface area contributed by atoms with E-state index < -0.39 is 0 Å². The first-order chi connectivity index (χ1) is 16.7. The van der Waals surface area contributed by atoms with Crippen LogP contribution in [0.4, 0.5) is 17.8 Å². The number of carbonyl (C=O) groups excluding carboxylic acids is 1. The number of aromatic nitrogens is 6. The number of halogens is 3. The number of hydrogen-bond acceptors (Lipinski definition) is 11. The van der Waals surface area contributed by atoms with E-state index in [1.165, 1.54) is 6.33 Å². The molecule has 35 heavy (non-hydrogen) atoms. The topological polar surface area (TPSA) is 180 Å². The van der Waals surface area contributed by atoms with E-state index in [1.807, 2.05) is 26.8 Å². The summed E-state index contributed by atoms with van der Waals surface area (Å²) in [6.07, 6.45) is 2.47. The van der Waals surface area contributed by atoms with Crippen molar-refractivity contribution >= 4 is 67.3 Å². The molecule has 15 heteroatoms. The van der Waals surface area contributed by atoms with Gasteiger partial charge in [0.15, 0.2) is 5.75 Å². The van der Waals surface area contributed by atoms with Gasteiger partial charge in [-0.3, -0.25) is 4.79 Å². The van der Waals surface area contributed by atoms with E-state index in [-0.39, 0.29) is 11.3 Å². The van der Waals surface area contributed by atoms with Crippen LogP contribution in [0.1, 0.15) is 39.2 Å². The average Bonchev–Trinajstić information content (AvgIpc) is 3.28. The van der Waals surface area contributed by atoms with E-state index in [1.54, 1.807) is 12.1 Å². The van der Waals surface area contributed by atoms with Crippen LogP contribution >= 0.6 is 43.5 Å². The second-order valence-electron chi connectivity index (χ2n) is 6.29. The van der Waals surface area contributed by atoms with Crippen LogP contribution in [0.25, 0.3) is 0 Å². The molecular formula is C20H25Br2ClN10O2. The van der Waals surface area contributed by atoms with E-state index in [4.69, 9.17) is 27.3 Å². The first-order valence-electron chi connectivity index (χ1n) is 10.3. The smallest absolute Gasteiger partial charge is 0.311 e. The van der Waals surface area contributed by atoms with Crippen molar-refractivity contribution in [3.05, 3.63) is 38.3 Å². The minimum atomic E-state index is -0.284. The van der Waals surface area contributed by atoms with Crippen LogP contribution in [-0.2, 0) is 4.79 Å². The number of carbonyl (C=O) groups is 1. The summed E-state index contributed by atoms with van der Waals surface area (Å²) >= 11 is 12.2. The van der Waals surface area contributed by atoms with Crippen LogP contribution in [0.15, 0.2) is 27.4 Å². The largest absolute Gasteiger partial charge is 0.424 e. The van der Waals surface area contributed by atoms with Crippen molar-refractivity contribution in [1.82, 2.24) is 30.1 Å². The molecule has 0 aliphatic heterocycles. The van der Waals surface area contributed by atoms with Crippen LogP contribution in [0.5, 0.6) is 5.75 Å². The molecule has 0 amide bonds. The van der Waals surface area contributed by atoms with Crippen LogP contribution in [-0.4, -0.2) is 49.2 Å². The molecule has 0 saturated heterocycles. The fraction of sp³-hybridized carbons (Fsp3) is 0.350. The highest BCUT2D eigenvalue weighted by Gasteiger charge is 2.12. The Hall–Kier alpha value is -3.02. The average molecular weight is 633 g/mol. The fourth-order valence-electron chi connectivity index (χ4n) is 2.13. The number of nitrogen functional groups attached to an aromatic ring is 1. The molecule has 0 saturated carbocycles. The number of nitrogens with one attached hydrogen (secondary N) is 3. The summed E-state index contributed by atoms with van der Waals surface area (Å²) in [5.41, 5.74) is 5.54. The van der Waals surface area contributed by atoms with Crippen molar-refractivity contribution in [2.24, 2.45) is 0 Å². The highest BCUT2D eigenvalue weighted by Crippen LogP contribution is 2.34. The number of H-pyrrole nitrogens is 1. The van der Waals surface area contributed by atoms with Gasteiger partial charge < -0.3 is 21.1 Å². The molecule has 0 aliphatic carbocycles. The first-order valence-corrected chi connectivity index (χ1v) is 12.3. The van der Waals surface area contributed by atoms with E-state index in [0.29, 0.717) is 44.5 Å². The maximum absolute atomic E-state index is 11.3. The Bertz CT molecular complexity index is 1060. The normalized spacial score (nSPS) is 9.51. The lowest BCUT2D eigenvalue weighted by Crippen LogP contribution is -2.08. The number of benzene rings is 1. The zero-order valence-electron chi connectivity index (χ0n) is 19.3. The van der Waals surface area contributed by atoms with E-state index >= 15 is 0 Å². The highest BCUT2D eigenvalue weighted by molar-refractivity contribution is 9.11. The molecule has 188 valence electrons. The molecule has 0 spiro atoms. The van der Waals surface area contributed by atoms with E-state index in [2.05, 4.69) is 72.6 Å². The second kappa shape index (κ2) is 16.6. The third kappa shape index (κ3) is 11.8. The lowest BCUT2D eigenvalue weighted by molar-refractivity contribution is -0.134. The Balaban J connectivity index is 0.000000287. The Morgan fingerprint density at radius 3 is 2.09 bits per heavy atom. The van der Waals surface area contributed by atoms with Gasteiger partial charge in [0.1, 0.15) is 6.33 Å². The van der Waals surface area contributed by atoms with Gasteiger partial charge in [-0.1, -0.05) is 6.92 Å². The van der Waals surface area contributed by atoms with Crippen LogP contribution < -0.4 is 21.1 Å². The van der Waals surface area contributed by atoms with Gasteiger partial charge >= 0.3 is 5.97 Å². The molecule has 0 atom stereocenters. The number of nitrogens with zero attached hydrogens (tertiary/aromatic N) is 6. The predicted molar refractivity (Wildman–Crippen MR) is 141 cm³/mol. The summed E-state index contributed by atoms with van der Waals surface area (Å²) in [6, 6.07) is 5.23. The van der Waals surface area contributed by atoms with Gasteiger partial charge in [0.05, 0.1) is 20.6 Å². The number of rotatable bonds is 7. The molecule has 0 unspecified atom stereocenters. The number of esters is 1. The van der Waals surface area contributed by atoms with E-state index in [9.17, 15) is 4.79 Å². The number of anilines is 3. The quantitative estimate of drug-likeness (QED) is 0.212. The maximum atomic E-state index is 11.3. The third-order valence-electron chi connectivity index (χ3n) is 3.51. The molecule has 3 rings (SSSR count). The van der Waals surface area contributed by atoms with Crippen molar-refractivity contribution in [2.45, 2.75) is 33.6 Å². The zero-order valence-corrected chi connectivity index (χ0v) is 23.2. The van der Waals surface area contributed by atoms with Gasteiger partial charge in [0.25, 0.3) is 0 Å². The SMILES string of the molecule is CCCC(=O)Oc1c(Br)cc(C#N)cc1Br.CCNc1nc(Cl)nc(NCC)n1.Nc1ncn[nH]1. The molecule has 3 aromatic rings. The van der Waals surface area contributed by atoms with Gasteiger partial charge in [-0.15, -0.1) is 0 Å². The van der Waals surface area contributed by atoms with Gasteiger partial charge in [-0.2, -0.15) is 25.3 Å². The third-order valence-corrected chi connectivity index (χ3v) is 4.86. The van der Waals surface area contributed by atoms with Crippen LogP contribution in [0.3, 0.4) is 0 Å². The molecule has 2 aromatic heterocycles. The molecule has 0 radical (unpaired) electrons. The summed E-state index contributed by atoms with van der Waals surface area (Å²) in [5.74, 6) is 1.48. The molecular weight excluding hydrogens is 608 g/mol. The van der Waals surface area contributed by atoms with Crippen molar-refractivity contribution in [3.63, 3.8) is 0 Å². The lowest BCUT2D eigenvalue weighted by atomic mass is 10.2. The Labute approximate surface area is 224 Å². The monoisotopic (exact) mass is 630 g/mol. The van der Waals surface area contributed by atoms with Crippen molar-refractivity contribution in [2.75, 3.05) is 29.5 Å². The lowest BCUT2D eigenvalue weighted by Gasteiger charge is -2.08. The first kappa shape index (κ1) is 30.0. The number of hydrogen-bond donors (Lipinski definition) is 4. The Kier molecular flexibility index (Phi) is 14.2. The summed E-state index contributed by atoms with van der Waals surface area (Å²) < 4.78 is 6.35. The highest BCUT2D eigenvalue weighted by atomic mass is 79.9. The summed E-state index contributed by atoms with van der Waals surface area (Å²) in [4.78, 5) is 26.8. The van der Waals surface area contributed by atoms with Crippen molar-refractivity contribution in [1.29, 1.82) is 5.26 Å². The second-order valence-corrected chi connectivity index (χ2v) is 8.33. The standard InChI is InChI=1S/C11H9Br2NO2.C7H12ClN5.C2H4N4/c1-2-3-10(15)16-11-8(12)4-7(6-14)5-9(11)13;1-3-9-6-11-5(8)12-7(13-6)10-4-2;3-2-4-1-5-6-2/h4-5H,2-3H2,1H3;3-4H2,1-2H3,(H2,9,10,11,12,13);1H,(H3,3,4,5,6). The van der Waals surface area contributed by atoms with Gasteiger partial charge in [-0.25, -0.2) is 10.1 Å². The molecule has 2 heterocycles. The molecule has 0 bridgehead atoms. The molecule has 1 aromatic carbocycles. The predicted octanol–water partition coefficient (Wildman–Crippen LogP) is 4.56. The van der Waals surface area contributed by atoms with Crippen LogP contribution in [0.2, 0.25) is 5.28 Å². The van der Waals surface area contributed by atoms with Gasteiger partial charge in [-0.05, 0) is 75.9 Å². The van der Waals surface area contributed by atoms with Crippen molar-refractivity contribution in [3.8, 4) is 11.8 Å². The van der Waals surface area contributed by atoms with Crippen LogP contribution in [0, 0.1) is 11.3 Å². The van der Waals surface area contributed by atoms with E-state index in [0.717, 1.165) is 19.5 Å². The summed E-state index contributed by atoms with van der Waals surface area (Å²) in [6.45, 7) is 7.34. The van der Waals surface area contributed by atoms with Gasteiger partial charge in [0.2, 0.25) is 23.1 Å². The number of nitrogens with two attached hydrogens (primary N) is 1. The van der Waals surface area contributed by atoms with Gasteiger partial charge in [0, 0.05) is 19.5 Å². The van der Waals surface area contributed by atoms with Crippen molar-refractivity contribution < 1.29 is 9.53 Å². The minimum Gasteiger partial charge on any atom is -0.424 e. The maximum Gasteiger partial charge on any atom is 0.311 e. The number of nitriles is 1. The summed E-state index contributed by atoms with van der Waals surface area (Å²) in [5, 5.41) is 20.7. The number of ether oxygens (including phenoxy) is 1.